The molecular formula is C15H14O6S2. The van der Waals surface area contributed by atoms with Gasteiger partial charge in [-0.25, -0.2) is 0 Å². The van der Waals surface area contributed by atoms with E-state index < -0.39 is 10.1 Å². The third kappa shape index (κ3) is 3.34. The maximum atomic E-state index is 11.0. The highest BCUT2D eigenvalue weighted by atomic mass is 32.2. The van der Waals surface area contributed by atoms with Gasteiger partial charge in [0, 0.05) is 0 Å². The maximum Gasteiger partial charge on any atom is 0.294 e. The zero-order valence-electron chi connectivity index (χ0n) is 12.0. The van der Waals surface area contributed by atoms with Crippen molar-refractivity contribution in [1.29, 1.82) is 0 Å². The van der Waals surface area contributed by atoms with Crippen molar-refractivity contribution in [2.45, 2.75) is 11.0 Å². The molecule has 0 aliphatic carbocycles. The van der Waals surface area contributed by atoms with E-state index in [1.807, 2.05) is 0 Å². The summed E-state index contributed by atoms with van der Waals surface area (Å²) in [5, 5.41) is 0. The van der Waals surface area contributed by atoms with Crippen LogP contribution in [0, 0.1) is 0 Å². The lowest BCUT2D eigenvalue weighted by atomic mass is 10.3. The monoisotopic (exact) mass is 354 g/mol. The summed E-state index contributed by atoms with van der Waals surface area (Å²) in [6, 6.07) is 5.46. The average Bonchev–Trinajstić information content (AvgIpc) is 2.79. The average molecular weight is 354 g/mol. The lowest BCUT2D eigenvalue weighted by Gasteiger charge is -2.24. The van der Waals surface area contributed by atoms with Crippen LogP contribution >= 0.6 is 11.3 Å². The van der Waals surface area contributed by atoms with Gasteiger partial charge in [0.05, 0.1) is 14.0 Å². The largest absolute Gasteiger partial charge is 0.490 e. The minimum Gasteiger partial charge on any atom is -0.490 e. The van der Waals surface area contributed by atoms with E-state index in [0.717, 1.165) is 9.06 Å². The Morgan fingerprint density at radius 1 is 1.22 bits per heavy atom. The number of benzene rings is 1. The predicted octanol–water partition coefficient (Wildman–Crippen LogP) is 1.03. The zero-order chi connectivity index (χ0) is 16.6. The molecular weight excluding hydrogens is 340 g/mol. The van der Waals surface area contributed by atoms with Crippen LogP contribution in [0.5, 0.6) is 17.2 Å². The van der Waals surface area contributed by atoms with Crippen LogP contribution in [-0.4, -0.2) is 32.3 Å². The third-order valence-corrected chi connectivity index (χ3v) is 4.95. The molecule has 23 heavy (non-hydrogen) atoms. The quantitative estimate of drug-likeness (QED) is 0.826. The van der Waals surface area contributed by atoms with Crippen molar-refractivity contribution in [2.24, 2.45) is 0 Å². The molecule has 8 heteroatoms. The van der Waals surface area contributed by atoms with Gasteiger partial charge < -0.3 is 14.2 Å². The van der Waals surface area contributed by atoms with Gasteiger partial charge in [-0.2, -0.15) is 8.42 Å². The topological polar surface area (TPSA) is 82.1 Å². The van der Waals surface area contributed by atoms with Gasteiger partial charge in [-0.15, -0.1) is 11.3 Å². The molecule has 1 aliphatic rings. The van der Waals surface area contributed by atoms with E-state index in [9.17, 15) is 8.42 Å². The van der Waals surface area contributed by atoms with Crippen molar-refractivity contribution < 1.29 is 27.2 Å². The zero-order valence-corrected chi connectivity index (χ0v) is 13.7. The molecule has 1 aromatic carbocycles. The molecule has 0 bridgehead atoms. The fourth-order valence-electron chi connectivity index (χ4n) is 2.12. The van der Waals surface area contributed by atoms with Gasteiger partial charge in [0.15, 0.2) is 17.6 Å². The normalized spacial score (nSPS) is 17.0. The summed E-state index contributed by atoms with van der Waals surface area (Å²) in [7, 11) is -4.20. The summed E-state index contributed by atoms with van der Waals surface area (Å²) >= 11 is 1.41. The molecule has 1 N–H and O–H groups in total. The highest BCUT2D eigenvalue weighted by Gasteiger charge is 2.24. The number of fused-ring (bicyclic) bond motifs is 1. The number of ether oxygens (including phenoxy) is 3. The van der Waals surface area contributed by atoms with E-state index in [4.69, 9.17) is 18.8 Å². The van der Waals surface area contributed by atoms with E-state index in [1.54, 1.807) is 0 Å². The third-order valence-electron chi connectivity index (χ3n) is 3.21. The summed E-state index contributed by atoms with van der Waals surface area (Å²) in [6.07, 6.45) is -0.307. The van der Waals surface area contributed by atoms with Crippen molar-refractivity contribution in [1.82, 2.24) is 0 Å². The Labute approximate surface area is 137 Å². The number of thiophene rings is 1. The predicted molar refractivity (Wildman–Crippen MR) is 86.3 cm³/mol. The summed E-state index contributed by atoms with van der Waals surface area (Å²) in [4.78, 5) is -0.185. The Hall–Kier alpha value is -2.03. The molecule has 1 unspecified atom stereocenters. The van der Waals surface area contributed by atoms with Crippen LogP contribution in [0.15, 0.2) is 29.2 Å². The summed E-state index contributed by atoms with van der Waals surface area (Å²) in [5.74, 6) is 1.69. The Morgan fingerprint density at radius 3 is 2.52 bits per heavy atom. The van der Waals surface area contributed by atoms with E-state index in [-0.39, 0.29) is 17.6 Å². The fourth-order valence-corrected chi connectivity index (χ4v) is 3.37. The summed E-state index contributed by atoms with van der Waals surface area (Å²) in [5.41, 5.74) is 0. The molecule has 1 aliphatic heterocycles. The van der Waals surface area contributed by atoms with Crippen LogP contribution in [0.3, 0.4) is 0 Å². The molecule has 0 spiro atoms. The SMILES string of the molecule is C=c1sc(=C)c2c1OCC(COc1ccc(S(=O)(=O)O)cc1)O2. The maximum absolute atomic E-state index is 11.0. The van der Waals surface area contributed by atoms with Gasteiger partial charge in [-0.3, -0.25) is 4.55 Å². The van der Waals surface area contributed by atoms with Gasteiger partial charge in [-0.05, 0) is 24.3 Å². The smallest absolute Gasteiger partial charge is 0.294 e. The Kier molecular flexibility index (Phi) is 4.05. The molecule has 122 valence electrons. The molecule has 0 radical (unpaired) electrons. The number of hydrogen-bond donors (Lipinski definition) is 1. The molecule has 1 aromatic heterocycles. The molecule has 0 amide bonds. The van der Waals surface area contributed by atoms with E-state index >= 15 is 0 Å². The van der Waals surface area contributed by atoms with Crippen LogP contribution in [0.1, 0.15) is 0 Å². The van der Waals surface area contributed by atoms with Crippen molar-refractivity contribution in [3.8, 4) is 17.2 Å². The Bertz CT molecular complexity index is 914. The lowest BCUT2D eigenvalue weighted by molar-refractivity contribution is 0.0532. The molecule has 0 saturated heterocycles. The summed E-state index contributed by atoms with van der Waals surface area (Å²) in [6.45, 7) is 8.32. The molecule has 1 atom stereocenters. The number of hydrogen-bond acceptors (Lipinski definition) is 6. The second-order valence-corrected chi connectivity index (χ2v) is 7.53. The second-order valence-electron chi connectivity index (χ2n) is 4.92. The van der Waals surface area contributed by atoms with E-state index in [2.05, 4.69) is 13.2 Å². The lowest BCUT2D eigenvalue weighted by Crippen LogP contribution is -2.36. The van der Waals surface area contributed by atoms with Gasteiger partial charge in [0.25, 0.3) is 10.1 Å². The Balaban J connectivity index is 1.65. The first-order valence-electron chi connectivity index (χ1n) is 6.65. The highest BCUT2D eigenvalue weighted by molar-refractivity contribution is 7.85. The van der Waals surface area contributed by atoms with E-state index in [0.29, 0.717) is 23.9 Å². The molecule has 0 fully saturated rings. The van der Waals surface area contributed by atoms with Gasteiger partial charge >= 0.3 is 0 Å². The van der Waals surface area contributed by atoms with Crippen molar-refractivity contribution in [3.63, 3.8) is 0 Å². The molecule has 0 saturated carbocycles. The number of rotatable bonds is 4. The van der Waals surface area contributed by atoms with E-state index in [1.165, 1.54) is 35.6 Å². The van der Waals surface area contributed by atoms with Gasteiger partial charge in [0.2, 0.25) is 0 Å². The highest BCUT2D eigenvalue weighted by Crippen LogP contribution is 2.26. The van der Waals surface area contributed by atoms with Crippen molar-refractivity contribution in [2.75, 3.05) is 13.2 Å². The fraction of sp³-hybridized carbons (Fsp3) is 0.200. The Morgan fingerprint density at radius 2 is 1.87 bits per heavy atom. The minimum atomic E-state index is -4.20. The van der Waals surface area contributed by atoms with Crippen molar-refractivity contribution in [3.05, 3.63) is 33.3 Å². The molecule has 2 heterocycles. The minimum absolute atomic E-state index is 0.185. The summed E-state index contributed by atoms with van der Waals surface area (Å²) < 4.78 is 49.4. The first kappa shape index (κ1) is 15.9. The van der Waals surface area contributed by atoms with Crippen LogP contribution < -0.4 is 23.3 Å². The van der Waals surface area contributed by atoms with Crippen LogP contribution in [0.4, 0.5) is 0 Å². The standard InChI is InChI=1S/C15H14O6S2/c1-9-14-15(10(2)22-9)21-12(8-20-14)7-19-11-3-5-13(6-4-11)23(16,17)18/h3-6,12H,1-2,7-8H2,(H,16,17,18). The van der Waals surface area contributed by atoms with Crippen molar-refractivity contribution >= 4 is 34.6 Å². The first-order chi connectivity index (χ1) is 10.8. The van der Waals surface area contributed by atoms with Crippen LogP contribution in [0.25, 0.3) is 13.2 Å². The van der Waals surface area contributed by atoms with Crippen LogP contribution in [-0.2, 0) is 10.1 Å². The molecule has 3 rings (SSSR count). The van der Waals surface area contributed by atoms with Crippen LogP contribution in [0.2, 0.25) is 0 Å². The molecule has 6 nitrogen and oxygen atoms in total. The van der Waals surface area contributed by atoms with Gasteiger partial charge in [0.1, 0.15) is 19.0 Å². The van der Waals surface area contributed by atoms with Gasteiger partial charge in [-0.1, -0.05) is 13.2 Å². The molecule has 2 aromatic rings. The first-order valence-corrected chi connectivity index (χ1v) is 8.91. The second kappa shape index (κ2) is 5.88.